The van der Waals surface area contributed by atoms with Gasteiger partial charge in [0.05, 0.1) is 6.04 Å². The number of H-pyrrole nitrogens is 1. The van der Waals surface area contributed by atoms with Gasteiger partial charge in [0, 0.05) is 11.7 Å². The van der Waals surface area contributed by atoms with E-state index in [1.54, 1.807) is 4.98 Å². The van der Waals surface area contributed by atoms with Crippen LogP contribution in [0, 0.1) is 6.92 Å². The first-order valence-corrected chi connectivity index (χ1v) is 9.17. The van der Waals surface area contributed by atoms with E-state index in [0.717, 1.165) is 35.7 Å². The Morgan fingerprint density at radius 1 is 1.25 bits per heavy atom. The van der Waals surface area contributed by atoms with Crippen molar-refractivity contribution in [2.24, 2.45) is 0 Å². The quantitative estimate of drug-likeness (QED) is 0.730. The summed E-state index contributed by atoms with van der Waals surface area (Å²) in [6.45, 7) is 4.05. The summed E-state index contributed by atoms with van der Waals surface area (Å²) in [7, 11) is 0. The number of aryl methyl sites for hydroxylation is 1. The van der Waals surface area contributed by atoms with Gasteiger partial charge in [0.1, 0.15) is 11.3 Å². The molecular formula is C20H22F3N3O2. The number of benzene rings is 1. The van der Waals surface area contributed by atoms with Gasteiger partial charge in [-0.1, -0.05) is 25.5 Å². The highest BCUT2D eigenvalue weighted by molar-refractivity contribution is 5.94. The maximum Gasteiger partial charge on any atom is 0.431 e. The van der Waals surface area contributed by atoms with E-state index in [1.807, 2.05) is 25.1 Å². The number of alkyl halides is 3. The van der Waals surface area contributed by atoms with Crippen molar-refractivity contribution in [1.29, 1.82) is 0 Å². The third-order valence-electron chi connectivity index (χ3n) is 4.87. The molecule has 0 bridgehead atoms. The molecule has 8 heteroatoms. The van der Waals surface area contributed by atoms with Gasteiger partial charge in [-0.3, -0.25) is 9.59 Å². The molecule has 0 spiro atoms. The smallest absolute Gasteiger partial charge is 0.382 e. The highest BCUT2D eigenvalue weighted by Gasteiger charge is 2.33. The number of aromatic nitrogens is 1. The predicted molar refractivity (Wildman–Crippen MR) is 100 cm³/mol. The van der Waals surface area contributed by atoms with Crippen LogP contribution in [0.5, 0.6) is 0 Å². The maximum absolute atomic E-state index is 12.7. The molecule has 3 rings (SSSR count). The lowest BCUT2D eigenvalue weighted by Gasteiger charge is -2.34. The monoisotopic (exact) mass is 393 g/mol. The molecule has 2 atom stereocenters. The van der Waals surface area contributed by atoms with Crippen LogP contribution in [0.25, 0.3) is 0 Å². The van der Waals surface area contributed by atoms with Crippen LogP contribution in [0.4, 0.5) is 18.9 Å². The zero-order chi connectivity index (χ0) is 20.5. The van der Waals surface area contributed by atoms with Gasteiger partial charge in [0.15, 0.2) is 0 Å². The normalized spacial score (nSPS) is 18.9. The second kappa shape index (κ2) is 7.69. The van der Waals surface area contributed by atoms with Crippen LogP contribution < -0.4 is 16.2 Å². The summed E-state index contributed by atoms with van der Waals surface area (Å²) in [4.78, 5) is 26.3. The average molecular weight is 393 g/mol. The molecule has 3 N–H and O–H groups in total. The van der Waals surface area contributed by atoms with E-state index in [1.165, 1.54) is 0 Å². The Hall–Kier alpha value is -2.77. The van der Waals surface area contributed by atoms with Crippen molar-refractivity contribution in [2.45, 2.75) is 51.4 Å². The third kappa shape index (κ3) is 4.21. The fraction of sp³-hybridized carbons (Fsp3) is 0.400. The molecule has 2 aromatic rings. The molecule has 1 aliphatic heterocycles. The lowest BCUT2D eigenvalue weighted by Crippen LogP contribution is -2.39. The first-order chi connectivity index (χ1) is 13.2. The summed E-state index contributed by atoms with van der Waals surface area (Å²) >= 11 is 0. The van der Waals surface area contributed by atoms with Crippen molar-refractivity contribution in [3.8, 4) is 0 Å². The van der Waals surface area contributed by atoms with Gasteiger partial charge in [0.2, 0.25) is 0 Å². The molecular weight excluding hydrogens is 371 g/mol. The van der Waals surface area contributed by atoms with Crippen LogP contribution in [0.2, 0.25) is 0 Å². The van der Waals surface area contributed by atoms with E-state index in [2.05, 4.69) is 17.6 Å². The summed E-state index contributed by atoms with van der Waals surface area (Å²) < 4.78 is 38.1. The summed E-state index contributed by atoms with van der Waals surface area (Å²) in [5, 5.41) is 6.29. The van der Waals surface area contributed by atoms with Crippen LogP contribution in [0.15, 0.2) is 35.1 Å². The number of pyridine rings is 1. The standard InChI is InChI=1S/C20H22F3N3O2/c1-3-4-12-10-16(13-6-5-11(2)9-15(13)24-12)25-18(27)14-7-8-17(20(21,22)23)26-19(14)28/h5-9,12,16,24H,3-4,10H2,1-2H3,(H,25,27)(H,26,28). The zero-order valence-corrected chi connectivity index (χ0v) is 15.6. The van der Waals surface area contributed by atoms with Crippen LogP contribution in [-0.4, -0.2) is 16.9 Å². The average Bonchev–Trinajstić information content (AvgIpc) is 2.60. The van der Waals surface area contributed by atoms with E-state index in [-0.39, 0.29) is 17.6 Å². The number of rotatable bonds is 4. The number of carbonyl (C=O) groups excluding carboxylic acids is 1. The number of hydrogen-bond acceptors (Lipinski definition) is 3. The van der Waals surface area contributed by atoms with Crippen molar-refractivity contribution < 1.29 is 18.0 Å². The second-order valence-electron chi connectivity index (χ2n) is 7.09. The largest absolute Gasteiger partial charge is 0.431 e. The van der Waals surface area contributed by atoms with Crippen molar-refractivity contribution in [3.05, 3.63) is 63.1 Å². The van der Waals surface area contributed by atoms with Crippen LogP contribution in [-0.2, 0) is 6.18 Å². The number of hydrogen-bond donors (Lipinski definition) is 3. The maximum atomic E-state index is 12.7. The Kier molecular flexibility index (Phi) is 5.49. The van der Waals surface area contributed by atoms with Gasteiger partial charge in [-0.05, 0) is 49.1 Å². The summed E-state index contributed by atoms with van der Waals surface area (Å²) in [6.07, 6.45) is -2.15. The molecule has 150 valence electrons. The number of carbonyl (C=O) groups is 1. The Morgan fingerprint density at radius 3 is 2.64 bits per heavy atom. The molecule has 2 unspecified atom stereocenters. The van der Waals surface area contributed by atoms with Crippen LogP contribution in [0.3, 0.4) is 0 Å². The molecule has 5 nitrogen and oxygen atoms in total. The highest BCUT2D eigenvalue weighted by Crippen LogP contribution is 2.34. The van der Waals surface area contributed by atoms with Crippen LogP contribution in [0.1, 0.15) is 59.4 Å². The summed E-state index contributed by atoms with van der Waals surface area (Å²) in [5.74, 6) is -0.691. The molecule has 0 aliphatic carbocycles. The topological polar surface area (TPSA) is 74.0 Å². The zero-order valence-electron chi connectivity index (χ0n) is 15.6. The molecule has 1 amide bonds. The summed E-state index contributed by atoms with van der Waals surface area (Å²) in [6, 6.07) is 7.31. The molecule has 1 aromatic carbocycles. The van der Waals surface area contributed by atoms with E-state index in [9.17, 15) is 22.8 Å². The fourth-order valence-electron chi connectivity index (χ4n) is 3.52. The summed E-state index contributed by atoms with van der Waals surface area (Å²) in [5.41, 5.74) is 0.320. The van der Waals surface area contributed by atoms with Gasteiger partial charge in [-0.15, -0.1) is 0 Å². The van der Waals surface area contributed by atoms with Crippen molar-refractivity contribution >= 4 is 11.6 Å². The van der Waals surface area contributed by atoms with Crippen molar-refractivity contribution in [1.82, 2.24) is 10.3 Å². The molecule has 0 fully saturated rings. The van der Waals surface area contributed by atoms with E-state index >= 15 is 0 Å². The van der Waals surface area contributed by atoms with E-state index in [0.29, 0.717) is 12.5 Å². The highest BCUT2D eigenvalue weighted by atomic mass is 19.4. The third-order valence-corrected chi connectivity index (χ3v) is 4.87. The fourth-order valence-corrected chi connectivity index (χ4v) is 3.52. The SMILES string of the molecule is CCCC1CC(NC(=O)c2ccc(C(F)(F)F)[nH]c2=O)c2ccc(C)cc2N1. The number of halogens is 3. The molecule has 0 saturated carbocycles. The van der Waals surface area contributed by atoms with Gasteiger partial charge >= 0.3 is 6.18 Å². The van der Waals surface area contributed by atoms with Crippen LogP contribution >= 0.6 is 0 Å². The number of fused-ring (bicyclic) bond motifs is 1. The number of aromatic amines is 1. The Bertz CT molecular complexity index is 937. The predicted octanol–water partition coefficient (Wildman–Crippen LogP) is 4.16. The minimum Gasteiger partial charge on any atom is -0.382 e. The number of nitrogens with one attached hydrogen (secondary N) is 3. The minimum absolute atomic E-state index is 0.162. The lowest BCUT2D eigenvalue weighted by atomic mass is 9.90. The molecule has 0 radical (unpaired) electrons. The molecule has 0 saturated heterocycles. The first-order valence-electron chi connectivity index (χ1n) is 9.17. The van der Waals surface area contributed by atoms with Crippen molar-refractivity contribution in [3.63, 3.8) is 0 Å². The number of anilines is 1. The van der Waals surface area contributed by atoms with Gasteiger partial charge in [0.25, 0.3) is 11.5 Å². The minimum atomic E-state index is -4.67. The molecule has 28 heavy (non-hydrogen) atoms. The Morgan fingerprint density at radius 2 is 2.00 bits per heavy atom. The van der Waals surface area contributed by atoms with Gasteiger partial charge in [-0.25, -0.2) is 0 Å². The van der Waals surface area contributed by atoms with E-state index in [4.69, 9.17) is 0 Å². The molecule has 1 aromatic heterocycles. The van der Waals surface area contributed by atoms with Gasteiger partial charge < -0.3 is 15.6 Å². The lowest BCUT2D eigenvalue weighted by molar-refractivity contribution is -0.141. The first kappa shape index (κ1) is 20.0. The Labute approximate surface area is 160 Å². The van der Waals surface area contributed by atoms with Crippen molar-refractivity contribution in [2.75, 3.05) is 5.32 Å². The second-order valence-corrected chi connectivity index (χ2v) is 7.09. The molecule has 2 heterocycles. The number of amides is 1. The van der Waals surface area contributed by atoms with Gasteiger partial charge in [-0.2, -0.15) is 13.2 Å². The molecule has 1 aliphatic rings. The Balaban J connectivity index is 1.86. The van der Waals surface area contributed by atoms with E-state index < -0.39 is 23.3 Å².